The molecular weight excluding hydrogens is 469 g/mol. The predicted octanol–water partition coefficient (Wildman–Crippen LogP) is 5.27. The highest BCUT2D eigenvalue weighted by Crippen LogP contribution is 2.25. The van der Waals surface area contributed by atoms with Crippen molar-refractivity contribution in [1.29, 1.82) is 0 Å². The van der Waals surface area contributed by atoms with Gasteiger partial charge in [-0.15, -0.1) is 11.3 Å². The number of halogens is 2. The second-order valence-corrected chi connectivity index (χ2v) is 9.51. The number of benzene rings is 2. The largest absolute Gasteiger partial charge is 0.351 e. The summed E-state index contributed by atoms with van der Waals surface area (Å²) in [6, 6.07) is 11.6. The summed E-state index contributed by atoms with van der Waals surface area (Å²) in [5.41, 5.74) is 3.97. The molecule has 0 aliphatic heterocycles. The van der Waals surface area contributed by atoms with Gasteiger partial charge in [-0.25, -0.2) is 9.37 Å². The highest BCUT2D eigenvalue weighted by atomic mass is 35.5. The molecule has 2 aromatic carbocycles. The molecule has 0 radical (unpaired) electrons. The molecule has 2 heterocycles. The Morgan fingerprint density at radius 2 is 2.00 bits per heavy atom. The molecule has 0 saturated heterocycles. The van der Waals surface area contributed by atoms with E-state index in [4.69, 9.17) is 11.6 Å². The van der Waals surface area contributed by atoms with E-state index in [0.717, 1.165) is 11.1 Å². The van der Waals surface area contributed by atoms with Gasteiger partial charge in [-0.2, -0.15) is 0 Å². The Morgan fingerprint density at radius 1 is 1.19 bits per heavy atom. The highest BCUT2D eigenvalue weighted by molar-refractivity contribution is 7.99. The van der Waals surface area contributed by atoms with Gasteiger partial charge in [0.2, 0.25) is 5.91 Å². The number of hydrogen-bond donors (Lipinski definition) is 1. The van der Waals surface area contributed by atoms with Crippen LogP contribution in [0.4, 0.5) is 4.39 Å². The van der Waals surface area contributed by atoms with Crippen LogP contribution < -0.4 is 10.9 Å². The fraction of sp³-hybridized carbons (Fsp3) is 0.174. The van der Waals surface area contributed by atoms with Gasteiger partial charge in [-0.3, -0.25) is 14.2 Å². The molecular formula is C23H19ClFN3O2S2. The van der Waals surface area contributed by atoms with Crippen molar-refractivity contribution < 1.29 is 9.18 Å². The molecule has 0 atom stereocenters. The Hall–Kier alpha value is -2.68. The van der Waals surface area contributed by atoms with Gasteiger partial charge in [0, 0.05) is 11.6 Å². The first-order chi connectivity index (χ1) is 15.3. The number of hydrogen-bond acceptors (Lipinski definition) is 5. The maximum Gasteiger partial charge on any atom is 0.276 e. The molecule has 9 heteroatoms. The van der Waals surface area contributed by atoms with E-state index in [9.17, 15) is 14.0 Å². The van der Waals surface area contributed by atoms with Crippen LogP contribution in [0.5, 0.6) is 0 Å². The van der Waals surface area contributed by atoms with Crippen LogP contribution in [0.25, 0.3) is 15.9 Å². The number of carbonyl (C=O) groups excluding carboxylic acids is 1. The third kappa shape index (κ3) is 4.72. The van der Waals surface area contributed by atoms with E-state index in [-0.39, 0.29) is 28.8 Å². The maximum atomic E-state index is 13.2. The molecule has 1 amide bonds. The number of thiophene rings is 1. The minimum Gasteiger partial charge on any atom is -0.351 e. The smallest absolute Gasteiger partial charge is 0.276 e. The predicted molar refractivity (Wildman–Crippen MR) is 129 cm³/mol. The Kier molecular flexibility index (Phi) is 6.64. The van der Waals surface area contributed by atoms with Crippen LogP contribution >= 0.6 is 34.7 Å². The van der Waals surface area contributed by atoms with Gasteiger partial charge in [0.25, 0.3) is 5.56 Å². The Morgan fingerprint density at radius 3 is 2.75 bits per heavy atom. The van der Waals surface area contributed by atoms with Gasteiger partial charge in [0.1, 0.15) is 10.5 Å². The normalized spacial score (nSPS) is 11.1. The quantitative estimate of drug-likeness (QED) is 0.297. The zero-order chi connectivity index (χ0) is 22.8. The Labute approximate surface area is 197 Å². The lowest BCUT2D eigenvalue weighted by molar-refractivity contribution is -0.118. The zero-order valence-corrected chi connectivity index (χ0v) is 19.7. The van der Waals surface area contributed by atoms with Crippen molar-refractivity contribution in [1.82, 2.24) is 14.9 Å². The van der Waals surface area contributed by atoms with E-state index < -0.39 is 5.82 Å². The fourth-order valence-corrected chi connectivity index (χ4v) is 4.96. The molecule has 4 rings (SSSR count). The zero-order valence-electron chi connectivity index (χ0n) is 17.3. The third-order valence-corrected chi connectivity index (χ3v) is 7.20. The number of nitrogens with one attached hydrogen (secondary N) is 1. The number of aromatic nitrogens is 2. The van der Waals surface area contributed by atoms with Crippen molar-refractivity contribution in [2.75, 3.05) is 5.75 Å². The second-order valence-electron chi connectivity index (χ2n) is 7.24. The molecule has 0 spiro atoms. The van der Waals surface area contributed by atoms with Crippen LogP contribution in [-0.4, -0.2) is 21.2 Å². The average Bonchev–Trinajstić information content (AvgIpc) is 3.23. The fourth-order valence-electron chi connectivity index (χ4n) is 3.12. The van der Waals surface area contributed by atoms with Crippen molar-refractivity contribution in [3.63, 3.8) is 0 Å². The van der Waals surface area contributed by atoms with Crippen LogP contribution in [0.1, 0.15) is 16.7 Å². The molecule has 0 fully saturated rings. The van der Waals surface area contributed by atoms with Crippen LogP contribution in [0.15, 0.2) is 57.8 Å². The first kappa shape index (κ1) is 22.5. The molecule has 32 heavy (non-hydrogen) atoms. The molecule has 0 aliphatic carbocycles. The maximum absolute atomic E-state index is 13.2. The van der Waals surface area contributed by atoms with Crippen LogP contribution in [0.3, 0.4) is 0 Å². The molecule has 5 nitrogen and oxygen atoms in total. The molecule has 0 unspecified atom stereocenters. The summed E-state index contributed by atoms with van der Waals surface area (Å²) in [7, 11) is 0. The highest BCUT2D eigenvalue weighted by Gasteiger charge is 2.16. The molecule has 0 aliphatic rings. The third-order valence-electron chi connectivity index (χ3n) is 5.02. The van der Waals surface area contributed by atoms with Gasteiger partial charge >= 0.3 is 0 Å². The first-order valence-corrected chi connectivity index (χ1v) is 12.0. The van der Waals surface area contributed by atoms with Gasteiger partial charge in [0.05, 0.1) is 17.0 Å². The monoisotopic (exact) mass is 487 g/mol. The van der Waals surface area contributed by atoms with Gasteiger partial charge in [-0.05, 0) is 66.2 Å². The first-order valence-electron chi connectivity index (χ1n) is 9.75. The minimum atomic E-state index is -0.431. The van der Waals surface area contributed by atoms with Crippen molar-refractivity contribution in [2.24, 2.45) is 0 Å². The summed E-state index contributed by atoms with van der Waals surface area (Å²) < 4.78 is 15.3. The van der Waals surface area contributed by atoms with Crippen molar-refractivity contribution in [2.45, 2.75) is 25.5 Å². The summed E-state index contributed by atoms with van der Waals surface area (Å²) in [5, 5.41) is 5.30. The number of carbonyl (C=O) groups is 1. The number of nitrogens with zero attached hydrogens (tertiary/aromatic N) is 2. The number of fused-ring (bicyclic) bond motifs is 1. The second kappa shape index (κ2) is 9.44. The molecule has 2 aromatic heterocycles. The lowest BCUT2D eigenvalue weighted by Crippen LogP contribution is -2.26. The van der Waals surface area contributed by atoms with Crippen LogP contribution in [-0.2, 0) is 11.3 Å². The van der Waals surface area contributed by atoms with E-state index in [0.29, 0.717) is 26.6 Å². The van der Waals surface area contributed by atoms with Gasteiger partial charge < -0.3 is 5.32 Å². The van der Waals surface area contributed by atoms with Crippen molar-refractivity contribution >= 4 is 50.8 Å². The van der Waals surface area contributed by atoms with E-state index in [1.165, 1.54) is 41.3 Å². The van der Waals surface area contributed by atoms with Crippen molar-refractivity contribution in [3.05, 3.63) is 85.7 Å². The molecule has 0 bridgehead atoms. The number of rotatable bonds is 6. The lowest BCUT2D eigenvalue weighted by atomic mass is 10.1. The number of aryl methyl sites for hydroxylation is 2. The van der Waals surface area contributed by atoms with Gasteiger partial charge in [-0.1, -0.05) is 35.5 Å². The Balaban J connectivity index is 1.57. The lowest BCUT2D eigenvalue weighted by Gasteiger charge is -2.13. The molecule has 1 N–H and O–H groups in total. The van der Waals surface area contributed by atoms with E-state index in [2.05, 4.69) is 10.3 Å². The van der Waals surface area contributed by atoms with Gasteiger partial charge in [0.15, 0.2) is 5.16 Å². The standard InChI is InChI=1S/C23H19ClFN3O2S2/c1-13-3-6-17(9-14(13)2)28-22(30)21-19(7-8-31-21)27-23(28)32-12-20(29)26-11-15-4-5-16(25)10-18(15)24/h3-10H,11-12H2,1-2H3,(H,26,29). The SMILES string of the molecule is Cc1ccc(-n2c(SCC(=O)NCc3ccc(F)cc3Cl)nc3ccsc3c2=O)cc1C. The summed E-state index contributed by atoms with van der Waals surface area (Å²) in [5.74, 6) is -0.618. The van der Waals surface area contributed by atoms with Crippen molar-refractivity contribution in [3.8, 4) is 5.69 Å². The minimum absolute atomic E-state index is 0.0613. The number of thioether (sulfide) groups is 1. The van der Waals surface area contributed by atoms with Crippen LogP contribution in [0.2, 0.25) is 5.02 Å². The number of amides is 1. The Bertz CT molecular complexity index is 1380. The van der Waals surface area contributed by atoms with E-state index in [1.807, 2.05) is 37.4 Å². The topological polar surface area (TPSA) is 64.0 Å². The molecule has 4 aromatic rings. The summed E-state index contributed by atoms with van der Waals surface area (Å²) in [4.78, 5) is 30.3. The molecule has 164 valence electrons. The average molecular weight is 488 g/mol. The summed E-state index contributed by atoms with van der Waals surface area (Å²) >= 11 is 8.55. The van der Waals surface area contributed by atoms with E-state index >= 15 is 0 Å². The molecule has 0 saturated carbocycles. The summed E-state index contributed by atoms with van der Waals surface area (Å²) in [6.07, 6.45) is 0. The van der Waals surface area contributed by atoms with E-state index in [1.54, 1.807) is 10.6 Å². The van der Waals surface area contributed by atoms with Crippen LogP contribution in [0, 0.1) is 19.7 Å². The summed E-state index contributed by atoms with van der Waals surface area (Å²) in [6.45, 7) is 4.18.